The Labute approximate surface area is 218 Å². The maximum atomic E-state index is 12.2. The molecule has 1 aromatic carbocycles. The second-order valence-corrected chi connectivity index (χ2v) is 11.7. The second-order valence-electron chi connectivity index (χ2n) is 11.7. The van der Waals surface area contributed by atoms with E-state index in [0.717, 1.165) is 18.4 Å². The first-order chi connectivity index (χ1) is 16.9. The van der Waals surface area contributed by atoms with E-state index in [1.807, 2.05) is 45.0 Å². The van der Waals surface area contributed by atoms with Crippen molar-refractivity contribution in [3.8, 4) is 0 Å². The Bertz CT molecular complexity index is 786. The van der Waals surface area contributed by atoms with Gasteiger partial charge in [0, 0.05) is 18.4 Å². The van der Waals surface area contributed by atoms with Crippen molar-refractivity contribution in [2.75, 3.05) is 0 Å². The van der Waals surface area contributed by atoms with Crippen molar-refractivity contribution in [2.24, 2.45) is 23.5 Å². The fourth-order valence-electron chi connectivity index (χ4n) is 4.50. The Hall–Kier alpha value is -2.02. The van der Waals surface area contributed by atoms with Crippen LogP contribution in [-0.4, -0.2) is 39.8 Å². The minimum absolute atomic E-state index is 0.0320. The SMILES string of the molecule is CC(C)CCC(CC(O)NC(C)(C)C)C[C@@H](O)[C@@H](C/C=C\C(=O)CCCC(N)=O)Cc1ccccc1. The monoisotopic (exact) mass is 502 g/mol. The fraction of sp³-hybridized carbons (Fsp3) is 0.667. The van der Waals surface area contributed by atoms with Crippen LogP contribution in [0.5, 0.6) is 0 Å². The highest BCUT2D eigenvalue weighted by Crippen LogP contribution is 2.28. The number of hydrogen-bond donors (Lipinski definition) is 4. The van der Waals surface area contributed by atoms with Gasteiger partial charge in [0.1, 0.15) is 6.23 Å². The molecule has 1 amide bonds. The van der Waals surface area contributed by atoms with Crippen molar-refractivity contribution in [1.82, 2.24) is 5.32 Å². The van der Waals surface area contributed by atoms with Gasteiger partial charge in [0.15, 0.2) is 5.78 Å². The molecule has 0 saturated carbocycles. The number of aliphatic hydroxyl groups is 2. The molecule has 0 spiro atoms. The average molecular weight is 503 g/mol. The molecule has 0 aliphatic heterocycles. The van der Waals surface area contributed by atoms with E-state index in [4.69, 9.17) is 5.73 Å². The molecule has 0 radical (unpaired) electrons. The summed E-state index contributed by atoms with van der Waals surface area (Å²) >= 11 is 0. The molecule has 4 atom stereocenters. The molecule has 0 aliphatic carbocycles. The van der Waals surface area contributed by atoms with Crippen LogP contribution in [0.3, 0.4) is 0 Å². The summed E-state index contributed by atoms with van der Waals surface area (Å²) in [4.78, 5) is 23.0. The Morgan fingerprint density at radius 2 is 1.69 bits per heavy atom. The topological polar surface area (TPSA) is 113 Å². The zero-order chi connectivity index (χ0) is 27.1. The summed E-state index contributed by atoms with van der Waals surface area (Å²) < 4.78 is 0. The molecule has 0 saturated heterocycles. The number of rotatable bonds is 18. The molecular weight excluding hydrogens is 452 g/mol. The van der Waals surface area contributed by atoms with Gasteiger partial charge in [-0.15, -0.1) is 0 Å². The van der Waals surface area contributed by atoms with E-state index in [1.54, 1.807) is 6.08 Å². The van der Waals surface area contributed by atoms with E-state index in [0.29, 0.717) is 44.4 Å². The Balaban J connectivity index is 2.88. The molecular formula is C30H50N2O4. The van der Waals surface area contributed by atoms with Crippen molar-refractivity contribution in [1.29, 1.82) is 0 Å². The zero-order valence-electron chi connectivity index (χ0n) is 23.1. The standard InChI is InChI=1S/C30H50N2O4/c1-22(2)17-18-24(21-29(36)32-30(3,4)5)20-27(34)25(19-23-11-7-6-8-12-23)13-9-14-26(33)15-10-16-28(31)35/h6-9,11-12,14,22,24-25,27,29,32,34,36H,10,13,15-21H2,1-5H3,(H2,31,35)/b14-9-/t24?,25-,27+,29?/m0/s1. The maximum Gasteiger partial charge on any atom is 0.217 e. The van der Waals surface area contributed by atoms with Crippen molar-refractivity contribution >= 4 is 11.7 Å². The average Bonchev–Trinajstić information content (AvgIpc) is 2.75. The normalized spacial score (nSPS) is 15.7. The fourth-order valence-corrected chi connectivity index (χ4v) is 4.50. The molecule has 0 fully saturated rings. The third kappa shape index (κ3) is 15.9. The summed E-state index contributed by atoms with van der Waals surface area (Å²) in [5.41, 5.74) is 6.11. The van der Waals surface area contributed by atoms with Gasteiger partial charge in [0.05, 0.1) is 6.10 Å². The van der Waals surface area contributed by atoms with Gasteiger partial charge in [0.2, 0.25) is 5.91 Å². The highest BCUT2D eigenvalue weighted by Gasteiger charge is 2.26. The van der Waals surface area contributed by atoms with Crippen LogP contribution < -0.4 is 11.1 Å². The van der Waals surface area contributed by atoms with Crippen LogP contribution in [0.4, 0.5) is 0 Å². The lowest BCUT2D eigenvalue weighted by Gasteiger charge is -2.31. The highest BCUT2D eigenvalue weighted by atomic mass is 16.3. The molecule has 0 bridgehead atoms. The lowest BCUT2D eigenvalue weighted by atomic mass is 9.82. The molecule has 1 aromatic rings. The van der Waals surface area contributed by atoms with Gasteiger partial charge in [0.25, 0.3) is 0 Å². The molecule has 0 aromatic heterocycles. The summed E-state index contributed by atoms with van der Waals surface area (Å²) in [5, 5.41) is 25.2. The number of carbonyl (C=O) groups excluding carboxylic acids is 2. The molecule has 6 nitrogen and oxygen atoms in total. The predicted octanol–water partition coefficient (Wildman–Crippen LogP) is 4.92. The van der Waals surface area contributed by atoms with Gasteiger partial charge in [-0.25, -0.2) is 0 Å². The van der Waals surface area contributed by atoms with Crippen molar-refractivity contribution in [3.63, 3.8) is 0 Å². The Morgan fingerprint density at radius 3 is 2.28 bits per heavy atom. The second kappa shape index (κ2) is 16.7. The first kappa shape index (κ1) is 32.0. The number of amides is 1. The van der Waals surface area contributed by atoms with Gasteiger partial charge in [-0.1, -0.05) is 56.7 Å². The van der Waals surface area contributed by atoms with Crippen molar-refractivity contribution in [3.05, 3.63) is 48.0 Å². The summed E-state index contributed by atoms with van der Waals surface area (Å²) in [6.45, 7) is 10.5. The van der Waals surface area contributed by atoms with Crippen molar-refractivity contribution in [2.45, 2.75) is 110 Å². The first-order valence-corrected chi connectivity index (χ1v) is 13.5. The van der Waals surface area contributed by atoms with E-state index in [2.05, 4.69) is 31.3 Å². The Morgan fingerprint density at radius 1 is 1.03 bits per heavy atom. The van der Waals surface area contributed by atoms with E-state index in [1.165, 1.54) is 0 Å². The number of nitrogens with two attached hydrogens (primary N) is 1. The smallest absolute Gasteiger partial charge is 0.217 e. The number of hydrogen-bond acceptors (Lipinski definition) is 5. The summed E-state index contributed by atoms with van der Waals surface area (Å²) in [6, 6.07) is 10.1. The minimum Gasteiger partial charge on any atom is -0.393 e. The largest absolute Gasteiger partial charge is 0.393 e. The number of carbonyl (C=O) groups is 2. The quantitative estimate of drug-likeness (QED) is 0.168. The summed E-state index contributed by atoms with van der Waals surface area (Å²) in [5.74, 6) is 0.269. The number of nitrogens with one attached hydrogen (secondary N) is 1. The van der Waals surface area contributed by atoms with Gasteiger partial charge < -0.3 is 15.9 Å². The van der Waals surface area contributed by atoms with Crippen LogP contribution in [0, 0.1) is 17.8 Å². The van der Waals surface area contributed by atoms with Crippen LogP contribution in [0.25, 0.3) is 0 Å². The molecule has 204 valence electrons. The van der Waals surface area contributed by atoms with Gasteiger partial charge in [-0.05, 0) is 88.7 Å². The summed E-state index contributed by atoms with van der Waals surface area (Å²) in [6.07, 6.45) is 7.67. The van der Waals surface area contributed by atoms with E-state index in [9.17, 15) is 19.8 Å². The molecule has 36 heavy (non-hydrogen) atoms. The van der Waals surface area contributed by atoms with E-state index in [-0.39, 0.29) is 29.6 Å². The number of aliphatic hydroxyl groups excluding tert-OH is 2. The number of benzene rings is 1. The van der Waals surface area contributed by atoms with Crippen LogP contribution in [0.2, 0.25) is 0 Å². The van der Waals surface area contributed by atoms with Gasteiger partial charge in [-0.3, -0.25) is 14.9 Å². The van der Waals surface area contributed by atoms with Crippen LogP contribution in [0.1, 0.15) is 91.5 Å². The number of allylic oxidation sites excluding steroid dienone is 2. The first-order valence-electron chi connectivity index (χ1n) is 13.5. The maximum absolute atomic E-state index is 12.2. The highest BCUT2D eigenvalue weighted by molar-refractivity contribution is 5.89. The van der Waals surface area contributed by atoms with E-state index < -0.39 is 18.2 Å². The minimum atomic E-state index is -0.625. The van der Waals surface area contributed by atoms with Crippen LogP contribution in [0.15, 0.2) is 42.5 Å². The number of ketones is 1. The van der Waals surface area contributed by atoms with Gasteiger partial charge >= 0.3 is 0 Å². The molecule has 1 rings (SSSR count). The van der Waals surface area contributed by atoms with Crippen LogP contribution in [-0.2, 0) is 16.0 Å². The third-order valence-electron chi connectivity index (χ3n) is 6.36. The number of primary amides is 1. The molecule has 0 aliphatic rings. The van der Waals surface area contributed by atoms with Crippen molar-refractivity contribution < 1.29 is 19.8 Å². The third-order valence-corrected chi connectivity index (χ3v) is 6.36. The van der Waals surface area contributed by atoms with Crippen LogP contribution >= 0.6 is 0 Å². The molecule has 5 N–H and O–H groups in total. The van der Waals surface area contributed by atoms with E-state index >= 15 is 0 Å². The molecule has 2 unspecified atom stereocenters. The molecule has 6 heteroatoms. The Kier molecular flexibility index (Phi) is 14.8. The lowest BCUT2D eigenvalue weighted by molar-refractivity contribution is -0.118. The lowest BCUT2D eigenvalue weighted by Crippen LogP contribution is -2.44. The summed E-state index contributed by atoms with van der Waals surface area (Å²) in [7, 11) is 0. The zero-order valence-corrected chi connectivity index (χ0v) is 23.1. The van der Waals surface area contributed by atoms with Gasteiger partial charge in [-0.2, -0.15) is 0 Å². The predicted molar refractivity (Wildman–Crippen MR) is 147 cm³/mol. The molecule has 0 heterocycles.